The summed E-state index contributed by atoms with van der Waals surface area (Å²) < 4.78 is 1.79. The Balaban J connectivity index is 1.49. The van der Waals surface area contributed by atoms with E-state index in [0.717, 1.165) is 43.6 Å². The third-order valence-corrected chi connectivity index (χ3v) is 5.12. The van der Waals surface area contributed by atoms with Gasteiger partial charge in [-0.15, -0.1) is 10.2 Å². The van der Waals surface area contributed by atoms with E-state index in [9.17, 15) is 0 Å². The average molecular weight is 300 g/mol. The molecule has 6 heteroatoms. The molecule has 2 aliphatic rings. The maximum absolute atomic E-state index is 4.43. The maximum atomic E-state index is 4.43. The topological polar surface area (TPSA) is 49.6 Å². The summed E-state index contributed by atoms with van der Waals surface area (Å²) in [5, 5.41) is 12.7. The normalized spacial score (nSPS) is 21.6. The summed E-state index contributed by atoms with van der Waals surface area (Å²) in [6.45, 7) is 6.49. The Morgan fingerprint density at radius 1 is 1.05 bits per heavy atom. The molecule has 118 valence electrons. The fourth-order valence-electron chi connectivity index (χ4n) is 3.94. The standard InChI is InChI=1S/C16H24N6/c1-13-11-15(16-18-17-12-22(16)19-13)21-9-7-20(8-10-21)14-5-3-2-4-6-14/h11-12,14H,2-10H2,1H3. The van der Waals surface area contributed by atoms with Crippen molar-refractivity contribution in [3.8, 4) is 0 Å². The van der Waals surface area contributed by atoms with E-state index in [1.165, 1.54) is 37.8 Å². The zero-order valence-corrected chi connectivity index (χ0v) is 13.3. The summed E-state index contributed by atoms with van der Waals surface area (Å²) >= 11 is 0. The monoisotopic (exact) mass is 300 g/mol. The number of anilines is 1. The summed E-state index contributed by atoms with van der Waals surface area (Å²) in [7, 11) is 0. The number of fused-ring (bicyclic) bond motifs is 1. The highest BCUT2D eigenvalue weighted by atomic mass is 15.4. The van der Waals surface area contributed by atoms with Crippen LogP contribution in [0.1, 0.15) is 37.8 Å². The second-order valence-corrected chi connectivity index (χ2v) is 6.58. The fourth-order valence-corrected chi connectivity index (χ4v) is 3.94. The number of aryl methyl sites for hydroxylation is 1. The van der Waals surface area contributed by atoms with Crippen molar-refractivity contribution in [2.75, 3.05) is 31.1 Å². The smallest absolute Gasteiger partial charge is 0.200 e. The molecular formula is C16H24N6. The molecule has 0 unspecified atom stereocenters. The van der Waals surface area contributed by atoms with Gasteiger partial charge < -0.3 is 4.90 Å². The van der Waals surface area contributed by atoms with E-state index < -0.39 is 0 Å². The van der Waals surface area contributed by atoms with Gasteiger partial charge in [-0.1, -0.05) is 19.3 Å². The van der Waals surface area contributed by atoms with Gasteiger partial charge in [-0.2, -0.15) is 9.61 Å². The Hall–Kier alpha value is -1.69. The van der Waals surface area contributed by atoms with Gasteiger partial charge in [-0.25, -0.2) is 0 Å². The van der Waals surface area contributed by atoms with E-state index in [1.807, 2.05) is 6.92 Å². The number of rotatable bonds is 2. The Morgan fingerprint density at radius 3 is 2.59 bits per heavy atom. The Bertz CT molecular complexity index is 637. The van der Waals surface area contributed by atoms with Crippen molar-refractivity contribution in [2.24, 2.45) is 0 Å². The van der Waals surface area contributed by atoms with Crippen LogP contribution < -0.4 is 4.90 Å². The predicted octanol–water partition coefficient (Wildman–Crippen LogP) is 1.89. The molecule has 0 atom stereocenters. The zero-order valence-electron chi connectivity index (χ0n) is 13.3. The van der Waals surface area contributed by atoms with Crippen LogP contribution in [-0.4, -0.2) is 56.9 Å². The molecule has 1 aliphatic carbocycles. The highest BCUT2D eigenvalue weighted by molar-refractivity contribution is 5.68. The molecule has 2 aromatic rings. The van der Waals surface area contributed by atoms with Crippen LogP contribution in [0, 0.1) is 6.92 Å². The molecule has 1 aliphatic heterocycles. The zero-order chi connectivity index (χ0) is 14.9. The van der Waals surface area contributed by atoms with E-state index >= 15 is 0 Å². The summed E-state index contributed by atoms with van der Waals surface area (Å²) in [6, 6.07) is 2.96. The number of hydrogen-bond donors (Lipinski definition) is 0. The van der Waals surface area contributed by atoms with E-state index in [-0.39, 0.29) is 0 Å². The van der Waals surface area contributed by atoms with E-state index in [1.54, 1.807) is 10.8 Å². The van der Waals surface area contributed by atoms with Gasteiger partial charge in [0.05, 0.1) is 11.4 Å². The first-order valence-corrected chi connectivity index (χ1v) is 8.48. The van der Waals surface area contributed by atoms with Crippen molar-refractivity contribution in [3.63, 3.8) is 0 Å². The predicted molar refractivity (Wildman–Crippen MR) is 86.2 cm³/mol. The van der Waals surface area contributed by atoms with Crippen molar-refractivity contribution in [3.05, 3.63) is 18.1 Å². The number of aromatic nitrogens is 4. The lowest BCUT2D eigenvalue weighted by Crippen LogP contribution is -2.51. The van der Waals surface area contributed by atoms with Crippen molar-refractivity contribution < 1.29 is 0 Å². The van der Waals surface area contributed by atoms with Gasteiger partial charge >= 0.3 is 0 Å². The van der Waals surface area contributed by atoms with Gasteiger partial charge in [-0.3, -0.25) is 4.90 Å². The molecule has 22 heavy (non-hydrogen) atoms. The van der Waals surface area contributed by atoms with Crippen molar-refractivity contribution in [1.82, 2.24) is 24.7 Å². The molecule has 0 N–H and O–H groups in total. The summed E-state index contributed by atoms with van der Waals surface area (Å²) in [6.07, 6.45) is 8.72. The van der Waals surface area contributed by atoms with Crippen molar-refractivity contribution in [1.29, 1.82) is 0 Å². The first-order chi connectivity index (χ1) is 10.8. The summed E-state index contributed by atoms with van der Waals surface area (Å²) in [5.74, 6) is 0. The van der Waals surface area contributed by atoms with Gasteiger partial charge in [0.25, 0.3) is 0 Å². The molecule has 3 heterocycles. The molecule has 0 aromatic carbocycles. The number of nitrogens with zero attached hydrogens (tertiary/aromatic N) is 6. The van der Waals surface area contributed by atoms with Gasteiger partial charge in [0.1, 0.15) is 6.33 Å². The lowest BCUT2D eigenvalue weighted by Gasteiger charge is -2.41. The quantitative estimate of drug-likeness (QED) is 0.847. The molecule has 4 rings (SSSR count). The average Bonchev–Trinajstić information content (AvgIpc) is 3.03. The Morgan fingerprint density at radius 2 is 1.82 bits per heavy atom. The lowest BCUT2D eigenvalue weighted by molar-refractivity contribution is 0.148. The molecule has 6 nitrogen and oxygen atoms in total. The van der Waals surface area contributed by atoms with Gasteiger partial charge in [0.2, 0.25) is 5.65 Å². The van der Waals surface area contributed by atoms with Crippen LogP contribution in [0.5, 0.6) is 0 Å². The summed E-state index contributed by atoms with van der Waals surface area (Å²) in [5.41, 5.74) is 3.06. The highest BCUT2D eigenvalue weighted by Crippen LogP contribution is 2.26. The molecule has 1 saturated heterocycles. The summed E-state index contributed by atoms with van der Waals surface area (Å²) in [4.78, 5) is 5.14. The lowest BCUT2D eigenvalue weighted by atomic mass is 9.94. The van der Waals surface area contributed by atoms with Gasteiger partial charge in [-0.05, 0) is 25.8 Å². The SMILES string of the molecule is Cc1cc(N2CCN(C3CCCCC3)CC2)c2nncn2n1. The molecule has 0 radical (unpaired) electrons. The maximum Gasteiger partial charge on any atom is 0.200 e. The van der Waals surface area contributed by atoms with Crippen molar-refractivity contribution in [2.45, 2.75) is 45.1 Å². The minimum Gasteiger partial charge on any atom is -0.366 e. The van der Waals surface area contributed by atoms with Crippen LogP contribution >= 0.6 is 0 Å². The van der Waals surface area contributed by atoms with E-state index in [2.05, 4.69) is 31.2 Å². The van der Waals surface area contributed by atoms with Crippen LogP contribution in [0.25, 0.3) is 5.65 Å². The number of hydrogen-bond acceptors (Lipinski definition) is 5. The molecule has 2 fully saturated rings. The van der Waals surface area contributed by atoms with Crippen LogP contribution in [-0.2, 0) is 0 Å². The molecule has 0 spiro atoms. The minimum atomic E-state index is 0.822. The van der Waals surface area contributed by atoms with Gasteiger partial charge in [0.15, 0.2) is 0 Å². The number of piperazine rings is 1. The molecule has 2 aromatic heterocycles. The van der Waals surface area contributed by atoms with E-state index in [4.69, 9.17) is 0 Å². The van der Waals surface area contributed by atoms with Crippen LogP contribution in [0.2, 0.25) is 0 Å². The van der Waals surface area contributed by atoms with E-state index in [0.29, 0.717) is 0 Å². The van der Waals surface area contributed by atoms with Crippen molar-refractivity contribution >= 4 is 11.3 Å². The third kappa shape index (κ3) is 2.56. The first kappa shape index (κ1) is 13.9. The third-order valence-electron chi connectivity index (χ3n) is 5.12. The molecule has 0 bridgehead atoms. The Labute approximate surface area is 131 Å². The first-order valence-electron chi connectivity index (χ1n) is 8.48. The van der Waals surface area contributed by atoms with Crippen LogP contribution in [0.15, 0.2) is 12.4 Å². The Kier molecular flexibility index (Phi) is 3.70. The van der Waals surface area contributed by atoms with Gasteiger partial charge in [0, 0.05) is 32.2 Å². The molecule has 1 saturated carbocycles. The second kappa shape index (κ2) is 5.83. The largest absolute Gasteiger partial charge is 0.366 e. The fraction of sp³-hybridized carbons (Fsp3) is 0.688. The van der Waals surface area contributed by atoms with Crippen LogP contribution in [0.4, 0.5) is 5.69 Å². The highest BCUT2D eigenvalue weighted by Gasteiger charge is 2.26. The van der Waals surface area contributed by atoms with Crippen LogP contribution in [0.3, 0.4) is 0 Å². The minimum absolute atomic E-state index is 0.822. The molecule has 0 amide bonds. The second-order valence-electron chi connectivity index (χ2n) is 6.58. The molecular weight excluding hydrogens is 276 g/mol.